The van der Waals surface area contributed by atoms with Gasteiger partial charge in [0.2, 0.25) is 0 Å². The lowest BCUT2D eigenvalue weighted by atomic mass is 9.36. The molecular formula is C25H33NO4. The van der Waals surface area contributed by atoms with Crippen molar-refractivity contribution in [1.82, 2.24) is 4.90 Å². The van der Waals surface area contributed by atoms with Gasteiger partial charge < -0.3 is 24.6 Å². The fourth-order valence-corrected chi connectivity index (χ4v) is 8.44. The number of ether oxygens (including phenoxy) is 2. The second kappa shape index (κ2) is 5.62. The number of benzene rings is 1. The van der Waals surface area contributed by atoms with Gasteiger partial charge in [-0.15, -0.1) is 0 Å². The van der Waals surface area contributed by atoms with Gasteiger partial charge >= 0.3 is 0 Å². The summed E-state index contributed by atoms with van der Waals surface area (Å²) in [6.07, 6.45) is 8.86. The number of nitrogens with zero attached hydrogens (tertiary/aromatic N) is 1. The summed E-state index contributed by atoms with van der Waals surface area (Å²) in [7, 11) is 4.00. The number of aromatic hydroxyl groups is 1. The summed E-state index contributed by atoms with van der Waals surface area (Å²) in [6.45, 7) is 5.11. The Hall–Kier alpha value is -1.56. The molecule has 2 heterocycles. The number of phenols is 1. The number of aliphatic hydroxyl groups is 1. The van der Waals surface area contributed by atoms with Crippen molar-refractivity contribution in [3.05, 3.63) is 35.4 Å². The number of likely N-dealkylation sites (N-methyl/N-ethyl adjacent to an activating group) is 1. The fraction of sp³-hybridized carbons (Fsp3) is 0.680. The van der Waals surface area contributed by atoms with E-state index in [0.29, 0.717) is 11.8 Å². The van der Waals surface area contributed by atoms with E-state index in [-0.39, 0.29) is 28.6 Å². The van der Waals surface area contributed by atoms with Crippen molar-refractivity contribution in [3.63, 3.8) is 0 Å². The number of piperidine rings is 1. The first-order valence-corrected chi connectivity index (χ1v) is 11.5. The average molecular weight is 412 g/mol. The first-order chi connectivity index (χ1) is 14.3. The standard InChI is InChI=1S/C25H33NO4/c1-5-8-22(2,28)17-14-23-9-10-25(17,29-4)21-24(23)11-12-26(3)18(23)13-15-6-7-16(27)20(30-21)19(15)24/h6-7,9-10,17-18,21,27-28H,5,8,11-14H2,1-4H3/t17-,18-,21-,22-,23+,24+,25+/m1/s1. The molecule has 2 N–H and O–H groups in total. The highest BCUT2D eigenvalue weighted by molar-refractivity contribution is 5.65. The van der Waals surface area contributed by atoms with Gasteiger partial charge in [0.05, 0.1) is 11.0 Å². The lowest BCUT2D eigenvalue weighted by Crippen LogP contribution is -2.80. The van der Waals surface area contributed by atoms with E-state index in [1.54, 1.807) is 13.2 Å². The van der Waals surface area contributed by atoms with Crippen LogP contribution in [0.4, 0.5) is 0 Å². The van der Waals surface area contributed by atoms with E-state index >= 15 is 0 Å². The van der Waals surface area contributed by atoms with Gasteiger partial charge in [0.25, 0.3) is 0 Å². The Bertz CT molecular complexity index is 957. The first kappa shape index (κ1) is 19.1. The summed E-state index contributed by atoms with van der Waals surface area (Å²) in [5.74, 6) is 0.823. The van der Waals surface area contributed by atoms with Crippen LogP contribution in [0.5, 0.6) is 11.5 Å². The van der Waals surface area contributed by atoms with Gasteiger partial charge in [-0.2, -0.15) is 0 Å². The second-order valence-electron chi connectivity index (χ2n) is 10.7. The summed E-state index contributed by atoms with van der Waals surface area (Å²) in [6, 6.07) is 4.23. The minimum absolute atomic E-state index is 0.0647. The van der Waals surface area contributed by atoms with Crippen LogP contribution in [0.2, 0.25) is 0 Å². The largest absolute Gasteiger partial charge is 0.504 e. The Kier molecular flexibility index (Phi) is 3.59. The quantitative estimate of drug-likeness (QED) is 0.746. The minimum Gasteiger partial charge on any atom is -0.504 e. The maximum Gasteiger partial charge on any atom is 0.165 e. The maximum atomic E-state index is 11.7. The smallest absolute Gasteiger partial charge is 0.165 e. The fourth-order valence-electron chi connectivity index (χ4n) is 8.44. The number of hydrogen-bond donors (Lipinski definition) is 2. The van der Waals surface area contributed by atoms with Gasteiger partial charge in [0.1, 0.15) is 11.7 Å². The number of phenolic OH excluding ortho intramolecular Hbond substituents is 1. The Balaban J connectivity index is 1.66. The molecule has 2 fully saturated rings. The monoisotopic (exact) mass is 411 g/mol. The summed E-state index contributed by atoms with van der Waals surface area (Å²) >= 11 is 0. The normalized spacial score (nSPS) is 44.5. The molecule has 5 heteroatoms. The van der Waals surface area contributed by atoms with Crippen LogP contribution in [-0.2, 0) is 16.6 Å². The molecule has 0 radical (unpaired) electrons. The molecule has 7 atom stereocenters. The molecule has 30 heavy (non-hydrogen) atoms. The summed E-state index contributed by atoms with van der Waals surface area (Å²) in [5.41, 5.74) is 0.625. The highest BCUT2D eigenvalue weighted by Gasteiger charge is 2.80. The maximum absolute atomic E-state index is 11.7. The Labute approximate surface area is 178 Å². The minimum atomic E-state index is -0.850. The summed E-state index contributed by atoms with van der Waals surface area (Å²) in [5, 5.41) is 22.4. The SMILES string of the molecule is CCC[C@@](C)(O)[C@H]1C[C@]23C=C[C@@]1(OC)[C@@H]1Oc4c(O)ccc5c4[C@@]12CCN(C)[C@@H]3C5. The van der Waals surface area contributed by atoms with Crippen LogP contribution >= 0.6 is 0 Å². The van der Waals surface area contributed by atoms with Gasteiger partial charge in [-0.3, -0.25) is 0 Å². The summed E-state index contributed by atoms with van der Waals surface area (Å²) < 4.78 is 13.1. The number of methoxy groups -OCH3 is 1. The highest BCUT2D eigenvalue weighted by atomic mass is 16.6. The van der Waals surface area contributed by atoms with E-state index in [9.17, 15) is 10.2 Å². The molecule has 5 nitrogen and oxygen atoms in total. The van der Waals surface area contributed by atoms with Crippen molar-refractivity contribution in [2.45, 2.75) is 74.7 Å². The number of rotatable bonds is 4. The van der Waals surface area contributed by atoms with Crippen molar-refractivity contribution < 1.29 is 19.7 Å². The molecule has 1 saturated heterocycles. The van der Waals surface area contributed by atoms with E-state index in [4.69, 9.17) is 9.47 Å². The molecule has 1 saturated carbocycles. The van der Waals surface area contributed by atoms with Crippen LogP contribution in [0.15, 0.2) is 24.3 Å². The molecular weight excluding hydrogens is 378 g/mol. The zero-order valence-electron chi connectivity index (χ0n) is 18.4. The molecule has 4 bridgehead atoms. The molecule has 6 aliphatic rings. The van der Waals surface area contributed by atoms with Crippen LogP contribution in [0.1, 0.15) is 50.7 Å². The molecule has 4 aliphatic carbocycles. The predicted molar refractivity (Wildman–Crippen MR) is 114 cm³/mol. The highest BCUT2D eigenvalue weighted by Crippen LogP contribution is 2.75. The average Bonchev–Trinajstić information content (AvgIpc) is 3.09. The third kappa shape index (κ3) is 1.80. The van der Waals surface area contributed by atoms with Crippen molar-refractivity contribution in [2.75, 3.05) is 20.7 Å². The van der Waals surface area contributed by atoms with Crippen molar-refractivity contribution in [2.24, 2.45) is 11.3 Å². The van der Waals surface area contributed by atoms with E-state index < -0.39 is 11.2 Å². The molecule has 162 valence electrons. The Morgan fingerprint density at radius 1 is 1.33 bits per heavy atom. The van der Waals surface area contributed by atoms with E-state index in [1.165, 1.54) is 11.1 Å². The predicted octanol–water partition coefficient (Wildman–Crippen LogP) is 3.16. The number of likely N-dealkylation sites (tertiary alicyclic amines) is 1. The van der Waals surface area contributed by atoms with Crippen LogP contribution in [0.25, 0.3) is 0 Å². The molecule has 0 unspecified atom stereocenters. The molecule has 2 spiro atoms. The molecule has 2 aliphatic heterocycles. The van der Waals surface area contributed by atoms with Crippen molar-refractivity contribution in [1.29, 1.82) is 0 Å². The van der Waals surface area contributed by atoms with E-state index in [0.717, 1.165) is 38.6 Å². The number of hydrogen-bond acceptors (Lipinski definition) is 5. The number of fused-ring (bicyclic) bond motifs is 1. The van der Waals surface area contributed by atoms with Gasteiger partial charge in [0.15, 0.2) is 11.5 Å². The first-order valence-electron chi connectivity index (χ1n) is 11.5. The Morgan fingerprint density at radius 3 is 2.87 bits per heavy atom. The van der Waals surface area contributed by atoms with Gasteiger partial charge in [-0.25, -0.2) is 0 Å². The van der Waals surface area contributed by atoms with Gasteiger partial charge in [-0.1, -0.05) is 31.6 Å². The van der Waals surface area contributed by atoms with Crippen LogP contribution < -0.4 is 4.74 Å². The third-order valence-corrected chi connectivity index (χ3v) is 9.58. The summed E-state index contributed by atoms with van der Waals surface area (Å²) in [4.78, 5) is 2.51. The third-order valence-electron chi connectivity index (χ3n) is 9.58. The van der Waals surface area contributed by atoms with E-state index in [1.807, 2.05) is 6.92 Å². The molecule has 0 amide bonds. The van der Waals surface area contributed by atoms with E-state index in [2.05, 4.69) is 37.1 Å². The van der Waals surface area contributed by atoms with Crippen LogP contribution in [-0.4, -0.2) is 59.2 Å². The lowest BCUT2D eigenvalue weighted by molar-refractivity contribution is -0.247. The molecule has 1 aromatic carbocycles. The Morgan fingerprint density at radius 2 is 2.13 bits per heavy atom. The van der Waals surface area contributed by atoms with Crippen molar-refractivity contribution in [3.8, 4) is 11.5 Å². The molecule has 0 aromatic heterocycles. The second-order valence-corrected chi connectivity index (χ2v) is 10.7. The topological polar surface area (TPSA) is 62.2 Å². The molecule has 7 rings (SSSR count). The van der Waals surface area contributed by atoms with Crippen molar-refractivity contribution >= 4 is 0 Å². The van der Waals surface area contributed by atoms with Crippen LogP contribution in [0, 0.1) is 11.3 Å². The van der Waals surface area contributed by atoms with Gasteiger partial charge in [-0.05, 0) is 57.8 Å². The molecule has 1 aromatic rings. The lowest BCUT2D eigenvalue weighted by Gasteiger charge is -2.72. The zero-order valence-corrected chi connectivity index (χ0v) is 18.4. The zero-order chi connectivity index (χ0) is 21.1. The van der Waals surface area contributed by atoms with Gasteiger partial charge in [0, 0.05) is 30.0 Å². The van der Waals surface area contributed by atoms with Crippen LogP contribution in [0.3, 0.4) is 0 Å².